The number of pyridine rings is 1. The minimum absolute atomic E-state index is 0.0180. The monoisotopic (exact) mass is 504 g/mol. The second-order valence-electron chi connectivity index (χ2n) is 10.8. The van der Waals surface area contributed by atoms with Gasteiger partial charge in [-0.25, -0.2) is 14.2 Å². The van der Waals surface area contributed by atoms with Crippen molar-refractivity contribution in [3.63, 3.8) is 0 Å². The Morgan fingerprint density at radius 2 is 1.94 bits per heavy atom. The number of hydrogen-bond acceptors (Lipinski definition) is 6. The molecule has 2 fully saturated rings. The third kappa shape index (κ3) is 6.85. The van der Waals surface area contributed by atoms with E-state index in [1.807, 2.05) is 19.9 Å². The Kier molecular flexibility index (Phi) is 7.57. The summed E-state index contributed by atoms with van der Waals surface area (Å²) in [7, 11) is 0. The van der Waals surface area contributed by atoms with Crippen LogP contribution in [0, 0.1) is 11.7 Å². The predicted octanol–water partition coefficient (Wildman–Crippen LogP) is 6.00. The number of esters is 1. The van der Waals surface area contributed by atoms with Crippen molar-refractivity contribution in [2.45, 2.75) is 71.6 Å². The van der Waals surface area contributed by atoms with Gasteiger partial charge in [0.15, 0.2) is 0 Å². The lowest BCUT2D eigenvalue weighted by Gasteiger charge is -2.39. The van der Waals surface area contributed by atoms with E-state index in [4.69, 9.17) is 25.8 Å². The molecule has 2 aliphatic rings. The van der Waals surface area contributed by atoms with E-state index in [0.29, 0.717) is 35.1 Å². The Bertz CT molecular complexity index is 1080. The van der Waals surface area contributed by atoms with E-state index in [0.717, 1.165) is 43.6 Å². The number of carbonyl (C=O) groups is 1. The van der Waals surface area contributed by atoms with Crippen molar-refractivity contribution in [3.05, 3.63) is 51.9 Å². The van der Waals surface area contributed by atoms with Crippen LogP contribution in [-0.4, -0.2) is 47.3 Å². The van der Waals surface area contributed by atoms with Gasteiger partial charge in [-0.05, 0) is 76.6 Å². The molecule has 1 saturated heterocycles. The molecule has 0 unspecified atom stereocenters. The fourth-order valence-electron chi connectivity index (χ4n) is 4.14. The van der Waals surface area contributed by atoms with E-state index in [1.54, 1.807) is 33.0 Å². The van der Waals surface area contributed by atoms with Gasteiger partial charge in [0.25, 0.3) is 0 Å². The van der Waals surface area contributed by atoms with Crippen LogP contribution in [0.3, 0.4) is 0 Å². The first-order chi connectivity index (χ1) is 16.5. The minimum atomic E-state index is -0.681. The van der Waals surface area contributed by atoms with Gasteiger partial charge in [0.05, 0.1) is 18.3 Å². The molecule has 1 aliphatic carbocycles. The van der Waals surface area contributed by atoms with Crippen molar-refractivity contribution in [1.82, 2.24) is 9.88 Å². The Morgan fingerprint density at radius 3 is 2.54 bits per heavy atom. The Labute approximate surface area is 211 Å². The summed E-state index contributed by atoms with van der Waals surface area (Å²) >= 11 is 6.30. The van der Waals surface area contributed by atoms with E-state index in [9.17, 15) is 9.18 Å². The predicted molar refractivity (Wildman–Crippen MR) is 133 cm³/mol. The van der Waals surface area contributed by atoms with Crippen molar-refractivity contribution in [2.75, 3.05) is 19.7 Å². The fourth-order valence-corrected chi connectivity index (χ4v) is 4.37. The second kappa shape index (κ2) is 10.3. The van der Waals surface area contributed by atoms with E-state index in [-0.39, 0.29) is 11.7 Å². The number of halogens is 2. The summed E-state index contributed by atoms with van der Waals surface area (Å²) in [5.74, 6) is 0.399. The van der Waals surface area contributed by atoms with Crippen molar-refractivity contribution in [3.8, 4) is 11.6 Å². The normalized spacial score (nSPS) is 16.8. The fraction of sp³-hybridized carbons (Fsp3) is 0.556. The molecule has 1 saturated carbocycles. The maximum atomic E-state index is 14.8. The highest BCUT2D eigenvalue weighted by Crippen LogP contribution is 2.45. The summed E-state index contributed by atoms with van der Waals surface area (Å²) in [6, 6.07) is 4.86. The molecule has 0 amide bonds. The largest absolute Gasteiger partial charge is 0.493 e. The van der Waals surface area contributed by atoms with Crippen LogP contribution in [0.25, 0.3) is 0 Å². The molecular formula is C27H34ClFN2O4. The summed E-state index contributed by atoms with van der Waals surface area (Å²) in [5, 5.41) is 0.515. The van der Waals surface area contributed by atoms with Crippen LogP contribution in [0.4, 0.5) is 4.39 Å². The van der Waals surface area contributed by atoms with Crippen LogP contribution >= 0.6 is 11.6 Å². The van der Waals surface area contributed by atoms with Crippen molar-refractivity contribution in [1.29, 1.82) is 0 Å². The smallest absolute Gasteiger partial charge is 0.341 e. The van der Waals surface area contributed by atoms with Crippen LogP contribution < -0.4 is 9.47 Å². The van der Waals surface area contributed by atoms with Crippen LogP contribution in [0.5, 0.6) is 11.6 Å². The zero-order chi connectivity index (χ0) is 25.3. The molecule has 2 aromatic rings. The SMILES string of the molecule is CC(C)Oc1ncc(CN2CC(COc3cc(F)c(C(=O)OC(C)(C)C)cc3C3CC3)C2)cc1Cl. The number of nitrogens with zero attached hydrogens (tertiary/aromatic N) is 2. The molecule has 0 atom stereocenters. The number of aromatic nitrogens is 1. The third-order valence-electron chi connectivity index (χ3n) is 5.86. The average molecular weight is 505 g/mol. The molecule has 190 valence electrons. The zero-order valence-corrected chi connectivity index (χ0v) is 21.8. The molecule has 2 heterocycles. The minimum Gasteiger partial charge on any atom is -0.493 e. The number of carbonyl (C=O) groups excluding carboxylic acids is 1. The third-order valence-corrected chi connectivity index (χ3v) is 6.13. The summed E-state index contributed by atoms with van der Waals surface area (Å²) in [6.07, 6.45) is 3.85. The van der Waals surface area contributed by atoms with E-state index in [1.165, 1.54) is 6.07 Å². The van der Waals surface area contributed by atoms with E-state index in [2.05, 4.69) is 9.88 Å². The van der Waals surface area contributed by atoms with Gasteiger partial charge in [-0.3, -0.25) is 4.90 Å². The molecule has 1 aromatic carbocycles. The maximum absolute atomic E-state index is 14.8. The molecule has 35 heavy (non-hydrogen) atoms. The molecule has 0 bridgehead atoms. The van der Waals surface area contributed by atoms with E-state index < -0.39 is 17.4 Å². The highest BCUT2D eigenvalue weighted by atomic mass is 35.5. The molecule has 0 radical (unpaired) electrons. The van der Waals surface area contributed by atoms with Crippen LogP contribution in [0.15, 0.2) is 24.4 Å². The summed E-state index contributed by atoms with van der Waals surface area (Å²) in [6.45, 7) is 12.2. The Balaban J connectivity index is 1.32. The van der Waals surface area contributed by atoms with Crippen molar-refractivity contribution >= 4 is 17.6 Å². The molecular weight excluding hydrogens is 471 g/mol. The summed E-state index contributed by atoms with van der Waals surface area (Å²) in [5.41, 5.74) is 1.22. The first-order valence-electron chi connectivity index (χ1n) is 12.2. The van der Waals surface area contributed by atoms with Gasteiger partial charge in [0.1, 0.15) is 22.2 Å². The molecule has 8 heteroatoms. The first kappa shape index (κ1) is 25.7. The van der Waals surface area contributed by atoms with Crippen LogP contribution in [0.2, 0.25) is 5.02 Å². The molecule has 0 N–H and O–H groups in total. The number of hydrogen-bond donors (Lipinski definition) is 0. The number of rotatable bonds is 9. The molecule has 6 nitrogen and oxygen atoms in total. The molecule has 4 rings (SSSR count). The lowest BCUT2D eigenvalue weighted by molar-refractivity contribution is 0.00644. The summed E-state index contributed by atoms with van der Waals surface area (Å²) < 4.78 is 31.8. The van der Waals surface area contributed by atoms with E-state index >= 15 is 0 Å². The maximum Gasteiger partial charge on any atom is 0.341 e. The second-order valence-corrected chi connectivity index (χ2v) is 11.2. The quantitative estimate of drug-likeness (QED) is 0.390. The Morgan fingerprint density at radius 1 is 1.23 bits per heavy atom. The van der Waals surface area contributed by atoms with Gasteiger partial charge in [0.2, 0.25) is 5.88 Å². The first-order valence-corrected chi connectivity index (χ1v) is 12.6. The number of ether oxygens (including phenoxy) is 3. The number of likely N-dealkylation sites (tertiary alicyclic amines) is 1. The van der Waals surface area contributed by atoms with Gasteiger partial charge in [-0.1, -0.05) is 11.6 Å². The highest BCUT2D eigenvalue weighted by molar-refractivity contribution is 6.31. The van der Waals surface area contributed by atoms with Crippen LogP contribution in [0.1, 0.15) is 74.9 Å². The standard InChI is InChI=1S/C27H34ClFN2O4/c1-16(2)34-25-22(28)8-17(11-30-25)12-31-13-18(14-31)15-33-24-10-23(29)21(9-20(24)19-6-7-19)26(32)35-27(3,4)5/h8-11,16,18-19H,6-7,12-15H2,1-5H3. The highest BCUT2D eigenvalue weighted by Gasteiger charge is 2.32. The lowest BCUT2D eigenvalue weighted by Crippen LogP contribution is -2.48. The van der Waals surface area contributed by atoms with Crippen molar-refractivity contribution < 1.29 is 23.4 Å². The topological polar surface area (TPSA) is 60.9 Å². The lowest BCUT2D eigenvalue weighted by atomic mass is 10.00. The van der Waals surface area contributed by atoms with Gasteiger partial charge in [-0.2, -0.15) is 0 Å². The number of benzene rings is 1. The van der Waals surface area contributed by atoms with Crippen molar-refractivity contribution in [2.24, 2.45) is 5.92 Å². The zero-order valence-electron chi connectivity index (χ0n) is 21.1. The molecule has 0 spiro atoms. The average Bonchev–Trinajstić information content (AvgIpc) is 3.55. The van der Waals surface area contributed by atoms with Gasteiger partial charge < -0.3 is 14.2 Å². The molecule has 1 aliphatic heterocycles. The molecule has 1 aromatic heterocycles. The summed E-state index contributed by atoms with van der Waals surface area (Å²) in [4.78, 5) is 19.1. The van der Waals surface area contributed by atoms with Gasteiger partial charge in [0, 0.05) is 37.8 Å². The van der Waals surface area contributed by atoms with Gasteiger partial charge in [-0.15, -0.1) is 0 Å². The van der Waals surface area contributed by atoms with Crippen LogP contribution in [-0.2, 0) is 11.3 Å². The van der Waals surface area contributed by atoms with Gasteiger partial charge >= 0.3 is 5.97 Å². The Hall–Kier alpha value is -2.38.